The molecule has 0 spiro atoms. The van der Waals surface area contributed by atoms with Gasteiger partial charge < -0.3 is 15.7 Å². The number of carbonyl (C=O) groups excluding carboxylic acids is 1. The lowest BCUT2D eigenvalue weighted by Crippen LogP contribution is -2.48. The Morgan fingerprint density at radius 1 is 1.43 bits per heavy atom. The normalized spacial score (nSPS) is 23.0. The number of aliphatic hydroxyl groups excluding tert-OH is 1. The summed E-state index contributed by atoms with van der Waals surface area (Å²) in [5, 5.41) is 15.9. The number of amides is 1. The van der Waals surface area contributed by atoms with Gasteiger partial charge in [0.2, 0.25) is 5.91 Å². The summed E-state index contributed by atoms with van der Waals surface area (Å²) in [6.45, 7) is 3.73. The molecule has 2 atom stereocenters. The zero-order chi connectivity index (χ0) is 15.1. The summed E-state index contributed by atoms with van der Waals surface area (Å²) in [4.78, 5) is 12.7. The first-order valence-corrected chi connectivity index (χ1v) is 7.86. The Labute approximate surface area is 126 Å². The van der Waals surface area contributed by atoms with Crippen LogP contribution < -0.4 is 10.6 Å². The van der Waals surface area contributed by atoms with Crippen LogP contribution in [0.3, 0.4) is 0 Å². The van der Waals surface area contributed by atoms with Crippen molar-refractivity contribution >= 4 is 5.91 Å². The van der Waals surface area contributed by atoms with E-state index in [1.165, 1.54) is 0 Å². The summed E-state index contributed by atoms with van der Waals surface area (Å²) >= 11 is 0. The average Bonchev–Trinajstić information content (AvgIpc) is 2.98. The SMILES string of the molecule is CCCC1(C(=O)N[C@@H](CO)Cc2ccccc2)CCNC1. The second kappa shape index (κ2) is 7.57. The van der Waals surface area contributed by atoms with Gasteiger partial charge in [0.1, 0.15) is 0 Å². The quantitative estimate of drug-likeness (QED) is 0.713. The molecule has 2 rings (SSSR count). The summed E-state index contributed by atoms with van der Waals surface area (Å²) in [5.41, 5.74) is 0.838. The lowest BCUT2D eigenvalue weighted by Gasteiger charge is -2.29. The van der Waals surface area contributed by atoms with Gasteiger partial charge in [-0.05, 0) is 31.4 Å². The van der Waals surface area contributed by atoms with E-state index in [4.69, 9.17) is 0 Å². The molecular weight excluding hydrogens is 264 g/mol. The van der Waals surface area contributed by atoms with Crippen LogP contribution in [0.15, 0.2) is 30.3 Å². The van der Waals surface area contributed by atoms with Crippen molar-refractivity contribution in [3.05, 3.63) is 35.9 Å². The van der Waals surface area contributed by atoms with E-state index in [2.05, 4.69) is 17.6 Å². The first-order valence-electron chi connectivity index (χ1n) is 7.86. The van der Waals surface area contributed by atoms with Crippen LogP contribution in [0.25, 0.3) is 0 Å². The van der Waals surface area contributed by atoms with Crippen LogP contribution in [0.2, 0.25) is 0 Å². The van der Waals surface area contributed by atoms with Gasteiger partial charge >= 0.3 is 0 Å². The zero-order valence-electron chi connectivity index (χ0n) is 12.8. The number of nitrogens with one attached hydrogen (secondary N) is 2. The monoisotopic (exact) mass is 290 g/mol. The molecule has 0 bridgehead atoms. The van der Waals surface area contributed by atoms with Crippen molar-refractivity contribution < 1.29 is 9.90 Å². The summed E-state index contributed by atoms with van der Waals surface area (Å²) in [5.74, 6) is 0.0873. The van der Waals surface area contributed by atoms with Gasteiger partial charge in [-0.15, -0.1) is 0 Å². The minimum Gasteiger partial charge on any atom is -0.394 e. The van der Waals surface area contributed by atoms with Crippen molar-refractivity contribution in [3.63, 3.8) is 0 Å². The van der Waals surface area contributed by atoms with Crippen LogP contribution in [0.1, 0.15) is 31.7 Å². The molecule has 0 saturated carbocycles. The highest BCUT2D eigenvalue weighted by atomic mass is 16.3. The van der Waals surface area contributed by atoms with E-state index in [1.807, 2.05) is 30.3 Å². The summed E-state index contributed by atoms with van der Waals surface area (Å²) in [6, 6.07) is 9.75. The van der Waals surface area contributed by atoms with Crippen molar-refractivity contribution in [2.75, 3.05) is 19.7 Å². The van der Waals surface area contributed by atoms with E-state index in [1.54, 1.807) is 0 Å². The molecule has 1 fully saturated rings. The van der Waals surface area contributed by atoms with Gasteiger partial charge in [0.05, 0.1) is 18.1 Å². The van der Waals surface area contributed by atoms with Gasteiger partial charge in [0.25, 0.3) is 0 Å². The maximum absolute atomic E-state index is 12.7. The number of benzene rings is 1. The minimum atomic E-state index is -0.293. The Hall–Kier alpha value is -1.39. The maximum atomic E-state index is 12.7. The van der Waals surface area contributed by atoms with Crippen molar-refractivity contribution in [1.29, 1.82) is 0 Å². The van der Waals surface area contributed by atoms with Crippen LogP contribution >= 0.6 is 0 Å². The molecule has 21 heavy (non-hydrogen) atoms. The highest BCUT2D eigenvalue weighted by molar-refractivity contribution is 5.83. The fourth-order valence-electron chi connectivity index (χ4n) is 3.14. The Morgan fingerprint density at radius 2 is 2.19 bits per heavy atom. The van der Waals surface area contributed by atoms with Crippen LogP contribution in [-0.4, -0.2) is 36.8 Å². The third-order valence-electron chi connectivity index (χ3n) is 4.33. The third kappa shape index (κ3) is 4.05. The first kappa shape index (κ1) is 16.0. The van der Waals surface area contributed by atoms with Gasteiger partial charge in [-0.1, -0.05) is 43.7 Å². The van der Waals surface area contributed by atoms with E-state index < -0.39 is 0 Å². The van der Waals surface area contributed by atoms with Crippen LogP contribution in [-0.2, 0) is 11.2 Å². The predicted molar refractivity (Wildman–Crippen MR) is 84.0 cm³/mol. The molecule has 1 saturated heterocycles. The number of rotatable bonds is 7. The minimum absolute atomic E-state index is 0.0315. The molecule has 4 nitrogen and oxygen atoms in total. The highest BCUT2D eigenvalue weighted by Gasteiger charge is 2.40. The molecule has 0 aromatic heterocycles. The van der Waals surface area contributed by atoms with Crippen LogP contribution in [0.5, 0.6) is 0 Å². The summed E-state index contributed by atoms with van der Waals surface area (Å²) < 4.78 is 0. The lowest BCUT2D eigenvalue weighted by molar-refractivity contribution is -0.131. The van der Waals surface area contributed by atoms with Crippen molar-refractivity contribution in [2.24, 2.45) is 5.41 Å². The standard InChI is InChI=1S/C17H26N2O2/c1-2-8-17(9-10-18-13-17)16(21)19-15(12-20)11-14-6-4-3-5-7-14/h3-7,15,18,20H,2,8-13H2,1H3,(H,19,21)/t15-,17?/m1/s1. The molecule has 3 N–H and O–H groups in total. The Bertz CT molecular complexity index is 441. The molecule has 1 heterocycles. The van der Waals surface area contributed by atoms with Gasteiger partial charge in [0, 0.05) is 6.54 Å². The van der Waals surface area contributed by atoms with Crippen LogP contribution in [0.4, 0.5) is 0 Å². The van der Waals surface area contributed by atoms with E-state index in [0.717, 1.165) is 37.9 Å². The van der Waals surface area contributed by atoms with Crippen molar-refractivity contribution in [3.8, 4) is 0 Å². The van der Waals surface area contributed by atoms with Crippen LogP contribution in [0, 0.1) is 5.41 Å². The number of hydrogen-bond acceptors (Lipinski definition) is 3. The Morgan fingerprint density at radius 3 is 2.76 bits per heavy atom. The Kier molecular flexibility index (Phi) is 5.76. The van der Waals surface area contributed by atoms with E-state index in [-0.39, 0.29) is 24.0 Å². The smallest absolute Gasteiger partial charge is 0.227 e. The molecule has 0 aliphatic carbocycles. The molecular formula is C17H26N2O2. The molecule has 116 valence electrons. The summed E-state index contributed by atoms with van der Waals surface area (Å²) in [7, 11) is 0. The van der Waals surface area contributed by atoms with Crippen molar-refractivity contribution in [2.45, 2.75) is 38.6 Å². The van der Waals surface area contributed by atoms with E-state index in [0.29, 0.717) is 6.42 Å². The van der Waals surface area contributed by atoms with Gasteiger partial charge in [-0.3, -0.25) is 4.79 Å². The highest BCUT2D eigenvalue weighted by Crippen LogP contribution is 2.31. The lowest BCUT2D eigenvalue weighted by atomic mass is 9.81. The second-order valence-corrected chi connectivity index (χ2v) is 6.00. The average molecular weight is 290 g/mol. The number of carbonyl (C=O) groups is 1. The number of aliphatic hydroxyl groups is 1. The molecule has 1 unspecified atom stereocenters. The zero-order valence-corrected chi connectivity index (χ0v) is 12.8. The second-order valence-electron chi connectivity index (χ2n) is 6.00. The van der Waals surface area contributed by atoms with Gasteiger partial charge in [-0.25, -0.2) is 0 Å². The topological polar surface area (TPSA) is 61.4 Å². The molecule has 1 aliphatic rings. The third-order valence-corrected chi connectivity index (χ3v) is 4.33. The fourth-order valence-corrected chi connectivity index (χ4v) is 3.14. The summed E-state index contributed by atoms with van der Waals surface area (Å²) in [6.07, 6.45) is 3.45. The molecule has 1 aromatic rings. The Balaban J connectivity index is 1.98. The fraction of sp³-hybridized carbons (Fsp3) is 0.588. The molecule has 1 aliphatic heterocycles. The van der Waals surface area contributed by atoms with E-state index in [9.17, 15) is 9.90 Å². The largest absolute Gasteiger partial charge is 0.394 e. The van der Waals surface area contributed by atoms with Crippen molar-refractivity contribution in [1.82, 2.24) is 10.6 Å². The maximum Gasteiger partial charge on any atom is 0.227 e. The number of hydrogen-bond donors (Lipinski definition) is 3. The molecule has 4 heteroatoms. The first-order chi connectivity index (χ1) is 10.2. The molecule has 0 radical (unpaired) electrons. The van der Waals surface area contributed by atoms with Gasteiger partial charge in [-0.2, -0.15) is 0 Å². The van der Waals surface area contributed by atoms with Gasteiger partial charge in [0.15, 0.2) is 0 Å². The predicted octanol–water partition coefficient (Wildman–Crippen LogP) is 1.49. The molecule has 1 amide bonds. The molecule has 1 aromatic carbocycles. The van der Waals surface area contributed by atoms with E-state index >= 15 is 0 Å².